The van der Waals surface area contributed by atoms with Gasteiger partial charge < -0.3 is 16.4 Å². The minimum absolute atomic E-state index is 0.0853. The van der Waals surface area contributed by atoms with E-state index >= 15 is 0 Å². The van der Waals surface area contributed by atoms with Crippen molar-refractivity contribution in [2.24, 2.45) is 0 Å². The lowest BCUT2D eigenvalue weighted by Gasteiger charge is -2.17. The van der Waals surface area contributed by atoms with Crippen molar-refractivity contribution >= 4 is 28.7 Å². The van der Waals surface area contributed by atoms with E-state index in [0.717, 1.165) is 0 Å². The van der Waals surface area contributed by atoms with Gasteiger partial charge in [-0.15, -0.1) is 0 Å². The van der Waals surface area contributed by atoms with Crippen LogP contribution in [0.3, 0.4) is 0 Å². The Balaban J connectivity index is 3.44. The second kappa shape index (κ2) is 3.30. The molecular formula is C8H11ClFN3. The molecule has 0 aromatic heterocycles. The van der Waals surface area contributed by atoms with Gasteiger partial charge in [0, 0.05) is 14.1 Å². The summed E-state index contributed by atoms with van der Waals surface area (Å²) in [6, 6.07) is 1.45. The first-order chi connectivity index (χ1) is 5.95. The lowest BCUT2D eigenvalue weighted by Crippen LogP contribution is -2.14. The molecule has 1 aromatic carbocycles. The average molecular weight is 204 g/mol. The van der Waals surface area contributed by atoms with Gasteiger partial charge in [0.25, 0.3) is 0 Å². The molecule has 0 aliphatic carbocycles. The van der Waals surface area contributed by atoms with Gasteiger partial charge in [-0.25, -0.2) is 4.39 Å². The van der Waals surface area contributed by atoms with Crippen LogP contribution in [0.1, 0.15) is 0 Å². The maximum absolute atomic E-state index is 13.4. The molecule has 1 aromatic rings. The highest BCUT2D eigenvalue weighted by Gasteiger charge is 2.15. The standard InChI is InChI=1S/C8H11ClFN3/c1-13(2)8-5(12)3-4(11)6(9)7(8)10/h3H,11-12H2,1-2H3. The second-order valence-electron chi connectivity index (χ2n) is 2.93. The van der Waals surface area contributed by atoms with E-state index in [-0.39, 0.29) is 22.1 Å². The molecular weight excluding hydrogens is 193 g/mol. The van der Waals surface area contributed by atoms with Crippen LogP contribution in [0.4, 0.5) is 21.5 Å². The van der Waals surface area contributed by atoms with Crippen molar-refractivity contribution in [2.75, 3.05) is 30.5 Å². The van der Waals surface area contributed by atoms with E-state index in [0.29, 0.717) is 0 Å². The van der Waals surface area contributed by atoms with Crippen LogP contribution in [-0.4, -0.2) is 14.1 Å². The summed E-state index contributed by atoms with van der Waals surface area (Å²) in [7, 11) is 3.36. The number of halogens is 2. The SMILES string of the molecule is CN(C)c1c(N)cc(N)c(Cl)c1F. The van der Waals surface area contributed by atoms with E-state index in [2.05, 4.69) is 0 Å². The Morgan fingerprint density at radius 1 is 1.31 bits per heavy atom. The van der Waals surface area contributed by atoms with Gasteiger partial charge >= 0.3 is 0 Å². The number of anilines is 3. The maximum atomic E-state index is 13.4. The van der Waals surface area contributed by atoms with Crippen LogP contribution < -0.4 is 16.4 Å². The van der Waals surface area contributed by atoms with Crippen LogP contribution in [0.15, 0.2) is 6.07 Å². The molecule has 0 aliphatic rings. The molecule has 5 heteroatoms. The van der Waals surface area contributed by atoms with Crippen molar-refractivity contribution in [2.45, 2.75) is 0 Å². The molecule has 0 atom stereocenters. The Bertz CT molecular complexity index is 339. The van der Waals surface area contributed by atoms with Gasteiger partial charge in [-0.3, -0.25) is 0 Å². The molecule has 0 heterocycles. The van der Waals surface area contributed by atoms with Crippen molar-refractivity contribution in [3.05, 3.63) is 16.9 Å². The zero-order chi connectivity index (χ0) is 10.2. The number of benzene rings is 1. The quantitative estimate of drug-likeness (QED) is 0.684. The molecule has 0 spiro atoms. The summed E-state index contributed by atoms with van der Waals surface area (Å²) in [6.45, 7) is 0. The minimum atomic E-state index is -0.579. The normalized spacial score (nSPS) is 10.2. The molecule has 0 fully saturated rings. The van der Waals surface area contributed by atoms with E-state index in [1.165, 1.54) is 6.07 Å². The maximum Gasteiger partial charge on any atom is 0.169 e. The summed E-state index contributed by atoms with van der Waals surface area (Å²) in [5.41, 5.74) is 11.7. The zero-order valence-corrected chi connectivity index (χ0v) is 8.19. The van der Waals surface area contributed by atoms with Crippen molar-refractivity contribution in [3.63, 3.8) is 0 Å². The number of hydrogen-bond donors (Lipinski definition) is 2. The summed E-state index contributed by atoms with van der Waals surface area (Å²) in [5, 5.41) is -0.0853. The predicted molar refractivity (Wildman–Crippen MR) is 54.6 cm³/mol. The summed E-state index contributed by atoms with van der Waals surface area (Å²) in [6.07, 6.45) is 0. The number of nitrogen functional groups attached to an aromatic ring is 2. The molecule has 3 nitrogen and oxygen atoms in total. The Morgan fingerprint density at radius 3 is 2.31 bits per heavy atom. The lowest BCUT2D eigenvalue weighted by molar-refractivity contribution is 0.628. The van der Waals surface area contributed by atoms with Crippen LogP contribution in [0.2, 0.25) is 5.02 Å². The first kappa shape index (κ1) is 9.92. The van der Waals surface area contributed by atoms with Gasteiger partial charge in [0.15, 0.2) is 5.82 Å². The third-order valence-corrected chi connectivity index (χ3v) is 2.07. The molecule has 0 saturated heterocycles. The van der Waals surface area contributed by atoms with Crippen molar-refractivity contribution in [1.29, 1.82) is 0 Å². The van der Waals surface area contributed by atoms with Crippen LogP contribution in [0, 0.1) is 5.82 Å². The molecule has 4 N–H and O–H groups in total. The Morgan fingerprint density at radius 2 is 1.85 bits per heavy atom. The third-order valence-electron chi connectivity index (χ3n) is 1.69. The summed E-state index contributed by atoms with van der Waals surface area (Å²) in [4.78, 5) is 1.55. The first-order valence-electron chi connectivity index (χ1n) is 3.65. The molecule has 0 saturated carbocycles. The van der Waals surface area contributed by atoms with Crippen LogP contribution in [-0.2, 0) is 0 Å². The van der Waals surface area contributed by atoms with Gasteiger partial charge in [-0.2, -0.15) is 0 Å². The van der Waals surface area contributed by atoms with Gasteiger partial charge in [-0.1, -0.05) is 11.6 Å². The van der Waals surface area contributed by atoms with Gasteiger partial charge in [0.1, 0.15) is 5.02 Å². The fourth-order valence-electron chi connectivity index (χ4n) is 1.11. The monoisotopic (exact) mass is 203 g/mol. The summed E-state index contributed by atoms with van der Waals surface area (Å²) >= 11 is 5.62. The molecule has 0 radical (unpaired) electrons. The Labute approximate surface area is 81.1 Å². The highest BCUT2D eigenvalue weighted by molar-refractivity contribution is 6.33. The van der Waals surface area contributed by atoms with Crippen LogP contribution in [0.25, 0.3) is 0 Å². The van der Waals surface area contributed by atoms with Crippen LogP contribution in [0.5, 0.6) is 0 Å². The largest absolute Gasteiger partial charge is 0.397 e. The van der Waals surface area contributed by atoms with Crippen molar-refractivity contribution in [1.82, 2.24) is 0 Å². The molecule has 1 rings (SSSR count). The first-order valence-corrected chi connectivity index (χ1v) is 4.03. The van der Waals surface area contributed by atoms with E-state index in [9.17, 15) is 4.39 Å². The molecule has 13 heavy (non-hydrogen) atoms. The van der Waals surface area contributed by atoms with E-state index in [1.807, 2.05) is 0 Å². The third kappa shape index (κ3) is 1.62. The highest BCUT2D eigenvalue weighted by atomic mass is 35.5. The van der Waals surface area contributed by atoms with Crippen LogP contribution >= 0.6 is 11.6 Å². The molecule has 0 unspecified atom stereocenters. The van der Waals surface area contributed by atoms with Crippen molar-refractivity contribution < 1.29 is 4.39 Å². The molecule has 0 aliphatic heterocycles. The van der Waals surface area contributed by atoms with Gasteiger partial charge in [0.05, 0.1) is 17.1 Å². The minimum Gasteiger partial charge on any atom is -0.397 e. The summed E-state index contributed by atoms with van der Waals surface area (Å²) in [5.74, 6) is -0.579. The van der Waals surface area contributed by atoms with Crippen molar-refractivity contribution in [3.8, 4) is 0 Å². The fourth-order valence-corrected chi connectivity index (χ4v) is 1.26. The molecule has 0 bridgehead atoms. The number of nitrogens with zero attached hydrogens (tertiary/aromatic N) is 1. The number of rotatable bonds is 1. The lowest BCUT2D eigenvalue weighted by atomic mass is 10.2. The smallest absolute Gasteiger partial charge is 0.169 e. The Kier molecular flexibility index (Phi) is 2.52. The van der Waals surface area contributed by atoms with E-state index in [1.54, 1.807) is 19.0 Å². The predicted octanol–water partition coefficient (Wildman–Crippen LogP) is 1.71. The second-order valence-corrected chi connectivity index (χ2v) is 3.30. The topological polar surface area (TPSA) is 55.3 Å². The number of hydrogen-bond acceptors (Lipinski definition) is 3. The molecule has 0 amide bonds. The fraction of sp³-hybridized carbons (Fsp3) is 0.250. The van der Waals surface area contributed by atoms with Gasteiger partial charge in [0.2, 0.25) is 0 Å². The van der Waals surface area contributed by atoms with E-state index in [4.69, 9.17) is 23.1 Å². The number of nitrogens with two attached hydrogens (primary N) is 2. The van der Waals surface area contributed by atoms with E-state index < -0.39 is 5.82 Å². The molecule has 72 valence electrons. The average Bonchev–Trinajstić information content (AvgIpc) is 1.99. The van der Waals surface area contributed by atoms with Gasteiger partial charge in [-0.05, 0) is 6.07 Å². The summed E-state index contributed by atoms with van der Waals surface area (Å²) < 4.78 is 13.4. The highest BCUT2D eigenvalue weighted by Crippen LogP contribution is 2.34. The Hall–Kier alpha value is -1.16. The zero-order valence-electron chi connectivity index (χ0n) is 7.44.